The predicted octanol–water partition coefficient (Wildman–Crippen LogP) is -0.195. The summed E-state index contributed by atoms with van der Waals surface area (Å²) in [6, 6.07) is 8.50. The fraction of sp³-hybridized carbons (Fsp3) is 0.553. The summed E-state index contributed by atoms with van der Waals surface area (Å²) in [5.41, 5.74) is 18.2. The smallest absolute Gasteiger partial charge is 0.326 e. The third kappa shape index (κ3) is 20.8. The SMILES string of the molecule is CC[C@H](C)[C@H](NC(=O)[C@H](CC(N)=O)NC(=O)[C@H](CCCCN)NC(=O)[C@H](Cc1ccccc1)NC(=O)[C@H](Cc1ccccc1)NC(=O)[C@H](CCCCN)NC(=O)[C@@H](NC(C)=O)C(C)C)C(=O)O. The van der Waals surface area contributed by atoms with Gasteiger partial charge in [0.1, 0.15) is 42.3 Å². The highest BCUT2D eigenvalue weighted by Crippen LogP contribution is 2.13. The summed E-state index contributed by atoms with van der Waals surface area (Å²) < 4.78 is 0. The monoisotopic (exact) mass is 937 g/mol. The molecule has 14 N–H and O–H groups in total. The lowest BCUT2D eigenvalue weighted by molar-refractivity contribution is -0.144. The minimum Gasteiger partial charge on any atom is -0.480 e. The van der Waals surface area contributed by atoms with Gasteiger partial charge in [0.25, 0.3) is 0 Å². The van der Waals surface area contributed by atoms with Crippen molar-refractivity contribution in [3.63, 3.8) is 0 Å². The van der Waals surface area contributed by atoms with E-state index in [4.69, 9.17) is 17.2 Å². The molecule has 8 amide bonds. The molecule has 0 unspecified atom stereocenters. The third-order valence-electron chi connectivity index (χ3n) is 11.1. The maximum Gasteiger partial charge on any atom is 0.326 e. The molecule has 2 rings (SSSR count). The molecule has 0 radical (unpaired) electrons. The van der Waals surface area contributed by atoms with E-state index in [1.165, 1.54) is 6.92 Å². The molecule has 0 aliphatic rings. The van der Waals surface area contributed by atoms with E-state index >= 15 is 0 Å². The van der Waals surface area contributed by atoms with Crippen molar-refractivity contribution in [1.29, 1.82) is 0 Å². The topological polar surface area (TPSA) is 336 Å². The van der Waals surface area contributed by atoms with Crippen LogP contribution in [0.25, 0.3) is 0 Å². The van der Waals surface area contributed by atoms with Gasteiger partial charge in [-0.3, -0.25) is 38.4 Å². The number of aliphatic carboxylic acids is 1. The number of nitrogens with two attached hydrogens (primary N) is 3. The van der Waals surface area contributed by atoms with E-state index in [1.54, 1.807) is 88.4 Å². The van der Waals surface area contributed by atoms with Crippen molar-refractivity contribution in [1.82, 2.24) is 37.2 Å². The number of hydrogen-bond acceptors (Lipinski definition) is 11. The third-order valence-corrected chi connectivity index (χ3v) is 11.1. The molecule has 370 valence electrons. The second kappa shape index (κ2) is 30.0. The van der Waals surface area contributed by atoms with Gasteiger partial charge in [-0.2, -0.15) is 0 Å². The first-order chi connectivity index (χ1) is 31.8. The zero-order valence-corrected chi connectivity index (χ0v) is 39.3. The number of unbranched alkanes of at least 4 members (excludes halogenated alkanes) is 2. The second-order valence-electron chi connectivity index (χ2n) is 17.1. The first kappa shape index (κ1) is 56.7. The summed E-state index contributed by atoms with van der Waals surface area (Å²) in [6.45, 7) is 8.71. The van der Waals surface area contributed by atoms with E-state index in [1.807, 2.05) is 0 Å². The fourth-order valence-electron chi connectivity index (χ4n) is 7.09. The van der Waals surface area contributed by atoms with Gasteiger partial charge in [0.2, 0.25) is 47.3 Å². The van der Waals surface area contributed by atoms with Crippen LogP contribution in [0.2, 0.25) is 0 Å². The number of carbonyl (C=O) groups excluding carboxylic acids is 8. The molecule has 2 aromatic carbocycles. The van der Waals surface area contributed by atoms with Gasteiger partial charge in [0.05, 0.1) is 6.42 Å². The van der Waals surface area contributed by atoms with Gasteiger partial charge in [-0.15, -0.1) is 0 Å². The number of amides is 8. The van der Waals surface area contributed by atoms with Gasteiger partial charge < -0.3 is 59.5 Å². The minimum absolute atomic E-state index is 0.0138. The van der Waals surface area contributed by atoms with Crippen LogP contribution in [0.4, 0.5) is 0 Å². The Labute approximate surface area is 392 Å². The van der Waals surface area contributed by atoms with Crippen molar-refractivity contribution < 1.29 is 48.3 Å². The van der Waals surface area contributed by atoms with Crippen molar-refractivity contribution in [2.24, 2.45) is 29.0 Å². The number of carbonyl (C=O) groups is 9. The molecule has 8 atom stereocenters. The largest absolute Gasteiger partial charge is 0.480 e. The molecule has 0 spiro atoms. The fourth-order valence-corrected chi connectivity index (χ4v) is 7.09. The zero-order chi connectivity index (χ0) is 50.1. The zero-order valence-electron chi connectivity index (χ0n) is 39.3. The molecule has 0 heterocycles. The number of carboxylic acids is 1. The Hall–Kier alpha value is -6.41. The predicted molar refractivity (Wildman–Crippen MR) is 251 cm³/mol. The van der Waals surface area contributed by atoms with Crippen LogP contribution in [-0.4, -0.2) is 114 Å². The van der Waals surface area contributed by atoms with E-state index in [0.29, 0.717) is 49.8 Å². The summed E-state index contributed by atoms with van der Waals surface area (Å²) in [4.78, 5) is 120. The number of primary amides is 1. The average Bonchev–Trinajstić information content (AvgIpc) is 3.28. The van der Waals surface area contributed by atoms with Gasteiger partial charge in [0, 0.05) is 19.8 Å². The number of hydrogen-bond donors (Lipinski definition) is 11. The molecule has 0 aliphatic heterocycles. The summed E-state index contributed by atoms with van der Waals surface area (Å²) in [5, 5.41) is 28.2. The Morgan fingerprint density at radius 2 is 0.910 bits per heavy atom. The molecule has 0 bridgehead atoms. The van der Waals surface area contributed by atoms with Crippen molar-refractivity contribution >= 4 is 53.2 Å². The van der Waals surface area contributed by atoms with Crippen molar-refractivity contribution in [2.45, 2.75) is 141 Å². The van der Waals surface area contributed by atoms with E-state index in [-0.39, 0.29) is 38.1 Å². The van der Waals surface area contributed by atoms with Crippen LogP contribution in [0.15, 0.2) is 60.7 Å². The Morgan fingerprint density at radius 1 is 0.522 bits per heavy atom. The standard InChI is InChI=1S/C47H72N10O10/c1-6-29(4)40(47(66)67)57-45(64)37(27-38(50)59)56-41(60)33(21-13-15-23-48)52-43(62)35(25-31-17-9-7-10-18-31)55-44(63)36(26-32-19-11-8-12-20-32)54-42(61)34(22-14-16-24-49)53-46(65)39(28(2)3)51-30(5)58/h7-12,17-20,28-29,33-37,39-40H,6,13-16,21-27,48-49H2,1-5H3,(H2,50,59)(H,51,58)(H,52,62)(H,53,65)(H,54,61)(H,55,63)(H,56,60)(H,57,64)(H,66,67)/t29-,33-,34-,35-,36-,37-,39-,40-/m0/s1. The highest BCUT2D eigenvalue weighted by molar-refractivity contribution is 5.98. The van der Waals surface area contributed by atoms with Crippen LogP contribution in [0.1, 0.15) is 97.1 Å². The van der Waals surface area contributed by atoms with Gasteiger partial charge >= 0.3 is 5.97 Å². The maximum atomic E-state index is 14.5. The van der Waals surface area contributed by atoms with Gasteiger partial charge in [0.15, 0.2) is 0 Å². The van der Waals surface area contributed by atoms with Crippen molar-refractivity contribution in [3.05, 3.63) is 71.8 Å². The molecule has 20 nitrogen and oxygen atoms in total. The molecular weight excluding hydrogens is 865 g/mol. The second-order valence-corrected chi connectivity index (χ2v) is 17.1. The normalized spacial score (nSPS) is 14.6. The van der Waals surface area contributed by atoms with E-state index in [9.17, 15) is 48.3 Å². The molecule has 0 saturated carbocycles. The lowest BCUT2D eigenvalue weighted by atomic mass is 9.98. The Bertz CT molecular complexity index is 1940. The van der Waals surface area contributed by atoms with E-state index in [2.05, 4.69) is 37.2 Å². The van der Waals surface area contributed by atoms with Crippen molar-refractivity contribution in [2.75, 3.05) is 13.1 Å². The number of rotatable bonds is 31. The van der Waals surface area contributed by atoms with Crippen LogP contribution in [0.3, 0.4) is 0 Å². The molecule has 0 saturated heterocycles. The Kier molecular flexibility index (Phi) is 25.4. The Morgan fingerprint density at radius 3 is 1.28 bits per heavy atom. The molecule has 20 heteroatoms. The highest BCUT2D eigenvalue weighted by Gasteiger charge is 2.35. The summed E-state index contributed by atoms with van der Waals surface area (Å²) in [5.74, 6) is -8.26. The lowest BCUT2D eigenvalue weighted by Gasteiger charge is -2.28. The molecular formula is C47H72N10O10. The first-order valence-electron chi connectivity index (χ1n) is 22.9. The average molecular weight is 937 g/mol. The van der Waals surface area contributed by atoms with Gasteiger partial charge in [-0.1, -0.05) is 94.8 Å². The van der Waals surface area contributed by atoms with Gasteiger partial charge in [-0.05, 0) is 74.6 Å². The number of benzene rings is 2. The summed E-state index contributed by atoms with van der Waals surface area (Å²) >= 11 is 0. The van der Waals surface area contributed by atoms with Gasteiger partial charge in [-0.25, -0.2) is 4.79 Å². The first-order valence-corrected chi connectivity index (χ1v) is 22.9. The quantitative estimate of drug-likeness (QED) is 0.0439. The number of carboxylic acid groups (broad SMARTS) is 1. The summed E-state index contributed by atoms with van der Waals surface area (Å²) in [7, 11) is 0. The van der Waals surface area contributed by atoms with Crippen LogP contribution in [0.5, 0.6) is 0 Å². The lowest BCUT2D eigenvalue weighted by Crippen LogP contribution is -2.61. The molecule has 2 aromatic rings. The molecule has 67 heavy (non-hydrogen) atoms. The molecule has 0 aliphatic carbocycles. The minimum atomic E-state index is -1.60. The van der Waals surface area contributed by atoms with Crippen LogP contribution in [0, 0.1) is 11.8 Å². The van der Waals surface area contributed by atoms with Crippen LogP contribution < -0.4 is 54.4 Å². The maximum absolute atomic E-state index is 14.5. The molecule has 0 fully saturated rings. The van der Waals surface area contributed by atoms with E-state index in [0.717, 1.165) is 0 Å². The van der Waals surface area contributed by atoms with Crippen LogP contribution >= 0.6 is 0 Å². The van der Waals surface area contributed by atoms with Crippen LogP contribution in [-0.2, 0) is 56.0 Å². The molecule has 0 aromatic heterocycles. The number of nitrogens with one attached hydrogen (secondary N) is 7. The van der Waals surface area contributed by atoms with E-state index < -0.39 is 108 Å². The summed E-state index contributed by atoms with van der Waals surface area (Å²) in [6.07, 6.45) is 1.56. The highest BCUT2D eigenvalue weighted by atomic mass is 16.4. The van der Waals surface area contributed by atoms with Crippen molar-refractivity contribution in [3.8, 4) is 0 Å². The Balaban J connectivity index is 2.54.